The molecule has 2 amide bonds. The van der Waals surface area contributed by atoms with E-state index < -0.39 is 27.9 Å². The molecule has 1 fully saturated rings. The number of fused-ring (bicyclic) bond motifs is 1. The molecule has 2 aromatic carbocycles. The highest BCUT2D eigenvalue weighted by Gasteiger charge is 2.41. The zero-order chi connectivity index (χ0) is 24.7. The fourth-order valence-electron chi connectivity index (χ4n) is 3.67. The Kier molecular flexibility index (Phi) is 5.48. The number of hydrogen-bond acceptors (Lipinski definition) is 8. The molecule has 5 rings (SSSR count). The summed E-state index contributed by atoms with van der Waals surface area (Å²) in [4.78, 5) is 37.8. The first-order chi connectivity index (χ1) is 16.8. The molecule has 10 nitrogen and oxygen atoms in total. The molecule has 0 spiro atoms. The standard InChI is InChI=1S/C24H20N4O6S/c1-3-35(31,32)15-9-7-14(8-10-15)33-20-13-19-18(26-22(27-19)17-6-4-5-11-25-17)12-16(20)21-23(29)28(2)24(30)34-21/h4-13,21H,3H2,1-2H3,(H,26,27). The van der Waals surface area contributed by atoms with Crippen LogP contribution in [-0.2, 0) is 19.4 Å². The monoisotopic (exact) mass is 492 g/mol. The van der Waals surface area contributed by atoms with Crippen LogP contribution in [0.25, 0.3) is 22.6 Å². The smallest absolute Gasteiger partial charge is 0.417 e. The predicted molar refractivity (Wildman–Crippen MR) is 126 cm³/mol. The van der Waals surface area contributed by atoms with E-state index in [1.165, 1.54) is 31.3 Å². The van der Waals surface area contributed by atoms with Gasteiger partial charge in [0.2, 0.25) is 6.10 Å². The van der Waals surface area contributed by atoms with Gasteiger partial charge in [0.1, 0.15) is 17.2 Å². The number of hydrogen-bond donors (Lipinski definition) is 1. The van der Waals surface area contributed by atoms with Crippen LogP contribution in [0.2, 0.25) is 0 Å². The van der Waals surface area contributed by atoms with Crippen molar-refractivity contribution in [2.45, 2.75) is 17.9 Å². The summed E-state index contributed by atoms with van der Waals surface area (Å²) in [6, 6.07) is 14.7. The number of benzene rings is 2. The Morgan fingerprint density at radius 1 is 1.11 bits per heavy atom. The topological polar surface area (TPSA) is 132 Å². The second-order valence-corrected chi connectivity index (χ2v) is 10.1. The van der Waals surface area contributed by atoms with E-state index in [-0.39, 0.29) is 16.4 Å². The average Bonchev–Trinajstić information content (AvgIpc) is 3.40. The largest absolute Gasteiger partial charge is 0.457 e. The van der Waals surface area contributed by atoms with Crippen molar-refractivity contribution in [1.82, 2.24) is 19.9 Å². The summed E-state index contributed by atoms with van der Waals surface area (Å²) in [6.07, 6.45) is -0.315. The Morgan fingerprint density at radius 3 is 2.51 bits per heavy atom. The Hall–Kier alpha value is -4.25. The van der Waals surface area contributed by atoms with Gasteiger partial charge in [-0.05, 0) is 42.5 Å². The van der Waals surface area contributed by atoms with Gasteiger partial charge >= 0.3 is 6.09 Å². The van der Waals surface area contributed by atoms with Gasteiger partial charge in [0.15, 0.2) is 15.7 Å². The fourth-order valence-corrected chi connectivity index (χ4v) is 4.56. The average molecular weight is 493 g/mol. The number of nitrogens with one attached hydrogen (secondary N) is 1. The third kappa shape index (κ3) is 4.10. The zero-order valence-corrected chi connectivity index (χ0v) is 19.6. The lowest BCUT2D eigenvalue weighted by Gasteiger charge is -2.14. The highest BCUT2D eigenvalue weighted by atomic mass is 32.2. The SMILES string of the molecule is CCS(=O)(=O)c1ccc(Oc2cc3nc(-c4ccccn4)[nH]c3cc2C2OC(=O)N(C)C2=O)cc1. The van der Waals surface area contributed by atoms with E-state index in [4.69, 9.17) is 9.47 Å². The number of likely N-dealkylation sites (N-methyl/N-ethyl adjacent to an activating group) is 1. The van der Waals surface area contributed by atoms with Crippen molar-refractivity contribution >= 4 is 32.9 Å². The Bertz CT molecular complexity index is 1550. The number of rotatable bonds is 6. The van der Waals surface area contributed by atoms with Crippen LogP contribution in [0, 0.1) is 0 Å². The summed E-state index contributed by atoms with van der Waals surface area (Å²) >= 11 is 0. The van der Waals surface area contributed by atoms with Crippen molar-refractivity contribution in [2.75, 3.05) is 12.8 Å². The first kappa shape index (κ1) is 22.5. The maximum Gasteiger partial charge on any atom is 0.417 e. The first-order valence-electron chi connectivity index (χ1n) is 10.7. The van der Waals surface area contributed by atoms with Gasteiger partial charge < -0.3 is 14.5 Å². The molecule has 4 aromatic rings. The van der Waals surface area contributed by atoms with Crippen LogP contribution in [0.1, 0.15) is 18.6 Å². The number of carbonyl (C=O) groups excluding carboxylic acids is 2. The second kappa shape index (κ2) is 8.51. The molecule has 2 aromatic heterocycles. The number of imide groups is 1. The highest BCUT2D eigenvalue weighted by Crippen LogP contribution is 2.38. The van der Waals surface area contributed by atoms with E-state index in [1.807, 2.05) is 6.07 Å². The van der Waals surface area contributed by atoms with Gasteiger partial charge in [-0.15, -0.1) is 0 Å². The molecular weight excluding hydrogens is 472 g/mol. The molecule has 1 aliphatic rings. The third-order valence-electron chi connectivity index (χ3n) is 5.64. The fraction of sp³-hybridized carbons (Fsp3) is 0.167. The lowest BCUT2D eigenvalue weighted by Crippen LogP contribution is -2.24. The molecule has 35 heavy (non-hydrogen) atoms. The molecule has 11 heteroatoms. The van der Waals surface area contributed by atoms with Crippen molar-refractivity contribution in [2.24, 2.45) is 0 Å². The summed E-state index contributed by atoms with van der Waals surface area (Å²) in [7, 11) is -2.03. The second-order valence-electron chi connectivity index (χ2n) is 7.85. The Balaban J connectivity index is 1.59. The minimum Gasteiger partial charge on any atom is -0.457 e. The van der Waals surface area contributed by atoms with Crippen LogP contribution in [0.15, 0.2) is 65.7 Å². The van der Waals surface area contributed by atoms with Gasteiger partial charge in [-0.1, -0.05) is 13.0 Å². The summed E-state index contributed by atoms with van der Waals surface area (Å²) < 4.78 is 35.6. The van der Waals surface area contributed by atoms with Gasteiger partial charge in [0, 0.05) is 24.9 Å². The highest BCUT2D eigenvalue weighted by molar-refractivity contribution is 7.91. The molecular formula is C24H20N4O6S. The maximum atomic E-state index is 12.7. The summed E-state index contributed by atoms with van der Waals surface area (Å²) in [5.41, 5.74) is 2.08. The van der Waals surface area contributed by atoms with Crippen LogP contribution in [0.5, 0.6) is 11.5 Å². The van der Waals surface area contributed by atoms with Crippen LogP contribution in [0.4, 0.5) is 4.79 Å². The minimum absolute atomic E-state index is 0.0194. The third-order valence-corrected chi connectivity index (χ3v) is 7.39. The lowest BCUT2D eigenvalue weighted by atomic mass is 10.1. The number of imidazole rings is 1. The van der Waals surface area contributed by atoms with Gasteiger partial charge in [-0.2, -0.15) is 0 Å². The predicted octanol–water partition coefficient (Wildman–Crippen LogP) is 3.86. The van der Waals surface area contributed by atoms with E-state index in [0.29, 0.717) is 33.9 Å². The quantitative estimate of drug-likeness (QED) is 0.429. The molecule has 0 aliphatic carbocycles. The number of cyclic esters (lactones) is 1. The number of amides is 2. The van der Waals surface area contributed by atoms with E-state index in [2.05, 4.69) is 15.0 Å². The molecule has 1 saturated heterocycles. The van der Waals surface area contributed by atoms with Crippen LogP contribution in [-0.4, -0.2) is 53.1 Å². The molecule has 0 radical (unpaired) electrons. The number of carbonyl (C=O) groups is 2. The number of aromatic nitrogens is 3. The lowest BCUT2D eigenvalue weighted by molar-refractivity contribution is -0.129. The normalized spacial score (nSPS) is 16.1. The minimum atomic E-state index is -3.36. The van der Waals surface area contributed by atoms with Gasteiger partial charge in [-0.3, -0.25) is 9.78 Å². The van der Waals surface area contributed by atoms with Gasteiger partial charge in [0.25, 0.3) is 5.91 Å². The molecule has 1 unspecified atom stereocenters. The molecule has 1 atom stereocenters. The van der Waals surface area contributed by atoms with Crippen LogP contribution < -0.4 is 4.74 Å². The van der Waals surface area contributed by atoms with Gasteiger partial charge in [0.05, 0.1) is 21.7 Å². The molecule has 1 N–H and O–H groups in total. The van der Waals surface area contributed by atoms with Gasteiger partial charge in [-0.25, -0.2) is 23.1 Å². The Morgan fingerprint density at radius 2 is 1.89 bits per heavy atom. The van der Waals surface area contributed by atoms with E-state index in [9.17, 15) is 18.0 Å². The molecule has 0 bridgehead atoms. The summed E-state index contributed by atoms with van der Waals surface area (Å²) in [6.45, 7) is 1.57. The summed E-state index contributed by atoms with van der Waals surface area (Å²) in [5.74, 6) is 0.544. The van der Waals surface area contributed by atoms with Crippen LogP contribution in [0.3, 0.4) is 0 Å². The van der Waals surface area contributed by atoms with Crippen molar-refractivity contribution in [3.05, 3.63) is 66.4 Å². The Labute approximate surface area is 200 Å². The maximum absolute atomic E-state index is 12.7. The first-order valence-corrected chi connectivity index (χ1v) is 12.4. The van der Waals surface area contributed by atoms with Crippen molar-refractivity contribution in [1.29, 1.82) is 0 Å². The molecule has 1 aliphatic heterocycles. The van der Waals surface area contributed by atoms with E-state index in [0.717, 1.165) is 4.90 Å². The molecule has 0 saturated carbocycles. The zero-order valence-electron chi connectivity index (χ0n) is 18.8. The number of nitrogens with zero attached hydrogens (tertiary/aromatic N) is 3. The van der Waals surface area contributed by atoms with Crippen molar-refractivity contribution in [3.63, 3.8) is 0 Å². The van der Waals surface area contributed by atoms with Crippen molar-refractivity contribution in [3.8, 4) is 23.0 Å². The number of sulfone groups is 1. The summed E-state index contributed by atoms with van der Waals surface area (Å²) in [5, 5.41) is 0. The van der Waals surface area contributed by atoms with E-state index >= 15 is 0 Å². The van der Waals surface area contributed by atoms with Crippen molar-refractivity contribution < 1.29 is 27.5 Å². The van der Waals surface area contributed by atoms with E-state index in [1.54, 1.807) is 37.4 Å². The number of ether oxygens (including phenoxy) is 2. The number of aromatic amines is 1. The molecule has 3 heterocycles. The van der Waals surface area contributed by atoms with Crippen LogP contribution >= 0.6 is 0 Å². The molecule has 178 valence electrons. The number of pyridine rings is 1. The number of H-pyrrole nitrogens is 1.